The molecule has 0 N–H and O–H groups in total. The van der Waals surface area contributed by atoms with Crippen LogP contribution in [0.5, 0.6) is 0 Å². The molecule has 0 heterocycles. The van der Waals surface area contributed by atoms with Gasteiger partial charge in [-0.05, 0) is 51.9 Å². The minimum Gasteiger partial charge on any atom is -0.460 e. The van der Waals surface area contributed by atoms with Gasteiger partial charge in [-0.15, -0.1) is 0 Å². The number of esters is 1. The first-order chi connectivity index (χ1) is 11.1. The highest BCUT2D eigenvalue weighted by Crippen LogP contribution is 2.33. The van der Waals surface area contributed by atoms with E-state index in [4.69, 9.17) is 9.47 Å². The first-order valence-electron chi connectivity index (χ1n) is 9.90. The Morgan fingerprint density at radius 1 is 0.957 bits per heavy atom. The van der Waals surface area contributed by atoms with Gasteiger partial charge >= 0.3 is 5.97 Å². The highest BCUT2D eigenvalue weighted by molar-refractivity contribution is 5.72. The van der Waals surface area contributed by atoms with Gasteiger partial charge in [0, 0.05) is 6.61 Å². The third-order valence-electron chi connectivity index (χ3n) is 5.24. The van der Waals surface area contributed by atoms with E-state index in [1.165, 1.54) is 38.5 Å². The third-order valence-corrected chi connectivity index (χ3v) is 5.24. The molecule has 0 bridgehead atoms. The zero-order valence-corrected chi connectivity index (χ0v) is 15.8. The smallest absolute Gasteiger partial charge is 0.309 e. The largest absolute Gasteiger partial charge is 0.460 e. The normalized spacial score (nSPS) is 24.2. The average molecular weight is 327 g/mol. The Kier molecular flexibility index (Phi) is 10.6. The Labute approximate surface area is 143 Å². The second kappa shape index (κ2) is 11.9. The maximum absolute atomic E-state index is 12.3. The molecule has 0 saturated heterocycles. The molecular weight excluding hydrogens is 288 g/mol. The first kappa shape index (κ1) is 20.5. The van der Waals surface area contributed by atoms with Gasteiger partial charge in [-0.25, -0.2) is 0 Å². The maximum atomic E-state index is 12.3. The summed E-state index contributed by atoms with van der Waals surface area (Å²) in [5.74, 6) is 0.942. The Balaban J connectivity index is 2.22. The second-order valence-electron chi connectivity index (χ2n) is 7.28. The minimum atomic E-state index is -0.151. The number of carbonyl (C=O) groups is 1. The van der Waals surface area contributed by atoms with Gasteiger partial charge in [0.2, 0.25) is 0 Å². The van der Waals surface area contributed by atoms with Crippen molar-refractivity contribution in [1.29, 1.82) is 0 Å². The van der Waals surface area contributed by atoms with Gasteiger partial charge in [0.1, 0.15) is 6.10 Å². The molecular formula is C20H38O3. The third kappa shape index (κ3) is 8.19. The standard InChI is InChI=1S/C20H38O3/c1-5-7-9-10-18-11-13-19(14-12-18)20(21)23-17(4)16(3)22-15-8-6-2/h16-19H,5-15H2,1-4H3. The molecule has 0 spiro atoms. The monoisotopic (exact) mass is 326 g/mol. The lowest BCUT2D eigenvalue weighted by atomic mass is 9.80. The summed E-state index contributed by atoms with van der Waals surface area (Å²) in [6.07, 6.45) is 11.7. The van der Waals surface area contributed by atoms with Gasteiger partial charge in [0.05, 0.1) is 12.0 Å². The number of hydrogen-bond acceptors (Lipinski definition) is 3. The van der Waals surface area contributed by atoms with Gasteiger partial charge < -0.3 is 9.47 Å². The van der Waals surface area contributed by atoms with Crippen molar-refractivity contribution in [1.82, 2.24) is 0 Å². The van der Waals surface area contributed by atoms with E-state index in [0.29, 0.717) is 0 Å². The molecule has 0 aromatic rings. The molecule has 0 amide bonds. The molecule has 0 aromatic carbocycles. The molecule has 0 aromatic heterocycles. The molecule has 0 radical (unpaired) electrons. The fourth-order valence-corrected chi connectivity index (χ4v) is 3.29. The van der Waals surface area contributed by atoms with Crippen LogP contribution in [0.3, 0.4) is 0 Å². The van der Waals surface area contributed by atoms with E-state index in [9.17, 15) is 4.79 Å². The zero-order valence-electron chi connectivity index (χ0n) is 15.8. The number of unbranched alkanes of at least 4 members (excludes halogenated alkanes) is 3. The zero-order chi connectivity index (χ0) is 17.1. The van der Waals surface area contributed by atoms with Crippen molar-refractivity contribution in [3.63, 3.8) is 0 Å². The fourth-order valence-electron chi connectivity index (χ4n) is 3.29. The number of ether oxygens (including phenoxy) is 2. The van der Waals surface area contributed by atoms with E-state index < -0.39 is 0 Å². The molecule has 1 fully saturated rings. The molecule has 3 nitrogen and oxygen atoms in total. The fraction of sp³-hybridized carbons (Fsp3) is 0.950. The summed E-state index contributed by atoms with van der Waals surface area (Å²) in [5, 5.41) is 0. The highest BCUT2D eigenvalue weighted by atomic mass is 16.6. The summed E-state index contributed by atoms with van der Waals surface area (Å²) in [7, 11) is 0. The predicted octanol–water partition coefficient (Wildman–Crippen LogP) is 5.51. The Hall–Kier alpha value is -0.570. The van der Waals surface area contributed by atoms with E-state index in [2.05, 4.69) is 13.8 Å². The average Bonchev–Trinajstić information content (AvgIpc) is 2.55. The van der Waals surface area contributed by atoms with Crippen LogP contribution in [0.4, 0.5) is 0 Å². The lowest BCUT2D eigenvalue weighted by molar-refractivity contribution is -0.161. The molecule has 0 aliphatic heterocycles. The van der Waals surface area contributed by atoms with E-state index in [1.54, 1.807) is 0 Å². The number of carbonyl (C=O) groups excluding carboxylic acids is 1. The molecule has 23 heavy (non-hydrogen) atoms. The summed E-state index contributed by atoms with van der Waals surface area (Å²) in [6.45, 7) is 9.10. The predicted molar refractivity (Wildman–Crippen MR) is 95.5 cm³/mol. The summed E-state index contributed by atoms with van der Waals surface area (Å²) in [6, 6.07) is 0. The Morgan fingerprint density at radius 2 is 1.61 bits per heavy atom. The lowest BCUT2D eigenvalue weighted by Gasteiger charge is -2.29. The van der Waals surface area contributed by atoms with Crippen LogP contribution in [0.25, 0.3) is 0 Å². The minimum absolute atomic E-state index is 0.00421. The van der Waals surface area contributed by atoms with Gasteiger partial charge in [-0.3, -0.25) is 4.79 Å². The Bertz CT molecular complexity index is 308. The van der Waals surface area contributed by atoms with Crippen molar-refractivity contribution in [3.05, 3.63) is 0 Å². The summed E-state index contributed by atoms with van der Waals surface area (Å²) < 4.78 is 11.4. The van der Waals surface area contributed by atoms with Crippen molar-refractivity contribution < 1.29 is 14.3 Å². The van der Waals surface area contributed by atoms with Crippen LogP contribution in [-0.2, 0) is 14.3 Å². The maximum Gasteiger partial charge on any atom is 0.309 e. The van der Waals surface area contributed by atoms with Crippen molar-refractivity contribution in [3.8, 4) is 0 Å². The van der Waals surface area contributed by atoms with Crippen LogP contribution >= 0.6 is 0 Å². The van der Waals surface area contributed by atoms with E-state index >= 15 is 0 Å². The van der Waals surface area contributed by atoms with Gasteiger partial charge in [-0.1, -0.05) is 46.0 Å². The van der Waals surface area contributed by atoms with Crippen LogP contribution in [0.15, 0.2) is 0 Å². The SMILES string of the molecule is CCCCCC1CCC(C(=O)OC(C)C(C)OCCCC)CC1. The number of hydrogen-bond donors (Lipinski definition) is 0. The second-order valence-corrected chi connectivity index (χ2v) is 7.28. The molecule has 1 aliphatic rings. The first-order valence-corrected chi connectivity index (χ1v) is 9.90. The van der Waals surface area contributed by atoms with Crippen LogP contribution in [0, 0.1) is 11.8 Å². The summed E-state index contributed by atoms with van der Waals surface area (Å²) >= 11 is 0. The van der Waals surface area contributed by atoms with Crippen LogP contribution < -0.4 is 0 Å². The highest BCUT2D eigenvalue weighted by Gasteiger charge is 2.29. The topological polar surface area (TPSA) is 35.5 Å². The summed E-state index contributed by atoms with van der Waals surface area (Å²) in [4.78, 5) is 12.3. The van der Waals surface area contributed by atoms with Gasteiger partial charge in [0.25, 0.3) is 0 Å². The molecule has 2 unspecified atom stereocenters. The molecule has 2 atom stereocenters. The molecule has 136 valence electrons. The van der Waals surface area contributed by atoms with Crippen LogP contribution in [0.2, 0.25) is 0 Å². The Morgan fingerprint density at radius 3 is 2.22 bits per heavy atom. The van der Waals surface area contributed by atoms with Crippen LogP contribution in [-0.4, -0.2) is 24.8 Å². The molecule has 1 rings (SSSR count). The molecule has 1 saturated carbocycles. The summed E-state index contributed by atoms with van der Waals surface area (Å²) in [5.41, 5.74) is 0. The van der Waals surface area contributed by atoms with Crippen molar-refractivity contribution in [2.24, 2.45) is 11.8 Å². The van der Waals surface area contributed by atoms with E-state index in [-0.39, 0.29) is 24.1 Å². The molecule has 1 aliphatic carbocycles. The van der Waals surface area contributed by atoms with Gasteiger partial charge in [-0.2, -0.15) is 0 Å². The van der Waals surface area contributed by atoms with E-state index in [1.807, 2.05) is 13.8 Å². The van der Waals surface area contributed by atoms with Crippen LogP contribution in [0.1, 0.15) is 91.9 Å². The molecule has 3 heteroatoms. The van der Waals surface area contributed by atoms with Crippen molar-refractivity contribution in [2.75, 3.05) is 6.61 Å². The van der Waals surface area contributed by atoms with Crippen molar-refractivity contribution >= 4 is 5.97 Å². The van der Waals surface area contributed by atoms with Crippen molar-refractivity contribution in [2.45, 2.75) is 104 Å². The van der Waals surface area contributed by atoms with Gasteiger partial charge in [0.15, 0.2) is 0 Å². The number of rotatable bonds is 11. The quantitative estimate of drug-likeness (QED) is 0.371. The van der Waals surface area contributed by atoms with E-state index in [0.717, 1.165) is 38.2 Å². The lowest BCUT2D eigenvalue weighted by Crippen LogP contribution is -2.33.